The van der Waals surface area contributed by atoms with Crippen LogP contribution in [0, 0.1) is 5.82 Å². The molecule has 0 aliphatic heterocycles. The first-order valence-corrected chi connectivity index (χ1v) is 7.15. The lowest BCUT2D eigenvalue weighted by molar-refractivity contribution is 0.622. The fourth-order valence-corrected chi connectivity index (χ4v) is 2.73. The molecule has 0 fully saturated rings. The predicted molar refractivity (Wildman–Crippen MR) is 80.9 cm³/mol. The van der Waals surface area contributed by atoms with Crippen LogP contribution in [0.1, 0.15) is 11.1 Å². The van der Waals surface area contributed by atoms with E-state index in [1.54, 1.807) is 6.07 Å². The van der Waals surface area contributed by atoms with Crippen molar-refractivity contribution in [2.45, 2.75) is 18.9 Å². The van der Waals surface area contributed by atoms with Crippen LogP contribution in [0.2, 0.25) is 5.02 Å². The van der Waals surface area contributed by atoms with Crippen molar-refractivity contribution < 1.29 is 4.39 Å². The van der Waals surface area contributed by atoms with Gasteiger partial charge in [-0.25, -0.2) is 4.39 Å². The third-order valence-corrected chi connectivity index (χ3v) is 3.86. The molecule has 0 radical (unpaired) electrons. The van der Waals surface area contributed by atoms with E-state index in [0.717, 1.165) is 22.0 Å². The van der Waals surface area contributed by atoms with Gasteiger partial charge in [-0.3, -0.25) is 0 Å². The highest BCUT2D eigenvalue weighted by atomic mass is 79.9. The van der Waals surface area contributed by atoms with Gasteiger partial charge in [-0.1, -0.05) is 45.7 Å². The maximum Gasteiger partial charge on any atom is 0.124 e. The second kappa shape index (κ2) is 6.51. The highest BCUT2D eigenvalue weighted by Gasteiger charge is 2.09. The van der Waals surface area contributed by atoms with Crippen LogP contribution in [0.5, 0.6) is 0 Å². The van der Waals surface area contributed by atoms with Crippen molar-refractivity contribution in [1.82, 2.24) is 0 Å². The van der Waals surface area contributed by atoms with E-state index in [4.69, 9.17) is 17.3 Å². The van der Waals surface area contributed by atoms with E-state index in [0.29, 0.717) is 11.4 Å². The first kappa shape index (κ1) is 14.5. The molecule has 19 heavy (non-hydrogen) atoms. The molecule has 1 unspecified atom stereocenters. The minimum absolute atomic E-state index is 0.0276. The van der Waals surface area contributed by atoms with Crippen molar-refractivity contribution in [3.63, 3.8) is 0 Å². The van der Waals surface area contributed by atoms with E-state index in [-0.39, 0.29) is 11.9 Å². The standard InChI is InChI=1S/C15H14BrClFN/c16-15-9-13(18)5-4-11(15)8-14(19)7-10-2-1-3-12(17)6-10/h1-6,9,14H,7-8,19H2. The number of hydrogen-bond donors (Lipinski definition) is 1. The summed E-state index contributed by atoms with van der Waals surface area (Å²) in [6.45, 7) is 0. The van der Waals surface area contributed by atoms with E-state index in [1.807, 2.05) is 24.3 Å². The van der Waals surface area contributed by atoms with Gasteiger partial charge in [-0.2, -0.15) is 0 Å². The van der Waals surface area contributed by atoms with Gasteiger partial charge in [0.2, 0.25) is 0 Å². The molecule has 100 valence electrons. The molecule has 1 nitrogen and oxygen atoms in total. The van der Waals surface area contributed by atoms with Gasteiger partial charge in [0, 0.05) is 15.5 Å². The summed E-state index contributed by atoms with van der Waals surface area (Å²) in [6, 6.07) is 12.3. The minimum atomic E-state index is -0.251. The van der Waals surface area contributed by atoms with Crippen molar-refractivity contribution in [3.8, 4) is 0 Å². The Hall–Kier alpha value is -0.900. The van der Waals surface area contributed by atoms with Crippen LogP contribution < -0.4 is 5.73 Å². The molecule has 0 aliphatic carbocycles. The molecule has 2 rings (SSSR count). The van der Waals surface area contributed by atoms with Gasteiger partial charge in [0.1, 0.15) is 5.82 Å². The summed E-state index contributed by atoms with van der Waals surface area (Å²) in [6.07, 6.45) is 1.43. The van der Waals surface area contributed by atoms with Crippen molar-refractivity contribution in [2.75, 3.05) is 0 Å². The Balaban J connectivity index is 2.03. The quantitative estimate of drug-likeness (QED) is 0.878. The monoisotopic (exact) mass is 341 g/mol. The lowest BCUT2D eigenvalue weighted by Gasteiger charge is -2.13. The van der Waals surface area contributed by atoms with E-state index in [9.17, 15) is 4.39 Å². The summed E-state index contributed by atoms with van der Waals surface area (Å²) in [4.78, 5) is 0. The highest BCUT2D eigenvalue weighted by Crippen LogP contribution is 2.20. The summed E-state index contributed by atoms with van der Waals surface area (Å²) >= 11 is 9.30. The molecule has 0 spiro atoms. The minimum Gasteiger partial charge on any atom is -0.327 e. The predicted octanol–water partition coefficient (Wildman–Crippen LogP) is 4.35. The van der Waals surface area contributed by atoms with Gasteiger partial charge in [-0.15, -0.1) is 0 Å². The second-order valence-electron chi connectivity index (χ2n) is 4.53. The zero-order valence-electron chi connectivity index (χ0n) is 10.2. The third kappa shape index (κ3) is 4.30. The van der Waals surface area contributed by atoms with Crippen LogP contribution in [0.3, 0.4) is 0 Å². The molecule has 2 aromatic rings. The Morgan fingerprint density at radius 3 is 2.63 bits per heavy atom. The average Bonchev–Trinajstić information content (AvgIpc) is 2.33. The van der Waals surface area contributed by atoms with Gasteiger partial charge < -0.3 is 5.73 Å². The lowest BCUT2D eigenvalue weighted by Crippen LogP contribution is -2.25. The number of rotatable bonds is 4. The van der Waals surface area contributed by atoms with Crippen molar-refractivity contribution in [1.29, 1.82) is 0 Å². The molecule has 0 amide bonds. The molecule has 1 atom stereocenters. The largest absolute Gasteiger partial charge is 0.327 e. The van der Waals surface area contributed by atoms with Gasteiger partial charge in [-0.05, 0) is 48.2 Å². The smallest absolute Gasteiger partial charge is 0.124 e. The molecule has 0 heterocycles. The molecule has 0 aliphatic rings. The molecule has 2 N–H and O–H groups in total. The van der Waals surface area contributed by atoms with Crippen LogP contribution in [0.4, 0.5) is 4.39 Å². The topological polar surface area (TPSA) is 26.0 Å². The van der Waals surface area contributed by atoms with Crippen LogP contribution >= 0.6 is 27.5 Å². The molecular formula is C15H14BrClFN. The Morgan fingerprint density at radius 2 is 1.95 bits per heavy atom. The Morgan fingerprint density at radius 1 is 1.16 bits per heavy atom. The van der Waals surface area contributed by atoms with Gasteiger partial charge in [0.05, 0.1) is 0 Å². The van der Waals surface area contributed by atoms with E-state index >= 15 is 0 Å². The molecule has 0 saturated carbocycles. The van der Waals surface area contributed by atoms with Gasteiger partial charge in [0.15, 0.2) is 0 Å². The fraction of sp³-hybridized carbons (Fsp3) is 0.200. The average molecular weight is 343 g/mol. The lowest BCUT2D eigenvalue weighted by atomic mass is 10.00. The summed E-state index contributed by atoms with van der Waals surface area (Å²) in [7, 11) is 0. The molecule has 0 bridgehead atoms. The zero-order chi connectivity index (χ0) is 13.8. The van der Waals surface area contributed by atoms with Gasteiger partial charge >= 0.3 is 0 Å². The van der Waals surface area contributed by atoms with E-state index < -0.39 is 0 Å². The van der Waals surface area contributed by atoms with Crippen molar-refractivity contribution in [2.24, 2.45) is 5.73 Å². The zero-order valence-corrected chi connectivity index (χ0v) is 12.6. The maximum absolute atomic E-state index is 13.0. The maximum atomic E-state index is 13.0. The van der Waals surface area contributed by atoms with E-state index in [2.05, 4.69) is 15.9 Å². The summed E-state index contributed by atoms with van der Waals surface area (Å²) < 4.78 is 13.8. The Bertz CT molecular complexity index is 574. The van der Waals surface area contributed by atoms with Crippen LogP contribution in [-0.2, 0) is 12.8 Å². The summed E-state index contributed by atoms with van der Waals surface area (Å²) in [5.74, 6) is -0.251. The number of nitrogens with two attached hydrogens (primary N) is 1. The number of halogens is 3. The van der Waals surface area contributed by atoms with Crippen molar-refractivity contribution >= 4 is 27.5 Å². The van der Waals surface area contributed by atoms with Crippen LogP contribution in [-0.4, -0.2) is 6.04 Å². The van der Waals surface area contributed by atoms with Crippen molar-refractivity contribution in [3.05, 3.63) is 68.9 Å². The summed E-state index contributed by atoms with van der Waals surface area (Å²) in [5.41, 5.74) is 8.26. The number of benzene rings is 2. The van der Waals surface area contributed by atoms with Gasteiger partial charge in [0.25, 0.3) is 0 Å². The summed E-state index contributed by atoms with van der Waals surface area (Å²) in [5, 5.41) is 0.715. The first-order valence-electron chi connectivity index (χ1n) is 5.98. The normalized spacial score (nSPS) is 12.4. The Labute approximate surface area is 125 Å². The molecule has 2 aromatic carbocycles. The van der Waals surface area contributed by atoms with Crippen LogP contribution in [0.15, 0.2) is 46.9 Å². The van der Waals surface area contributed by atoms with Crippen LogP contribution in [0.25, 0.3) is 0 Å². The van der Waals surface area contributed by atoms with E-state index in [1.165, 1.54) is 12.1 Å². The number of hydrogen-bond acceptors (Lipinski definition) is 1. The molecule has 0 aromatic heterocycles. The molecular weight excluding hydrogens is 329 g/mol. The second-order valence-corrected chi connectivity index (χ2v) is 5.82. The third-order valence-electron chi connectivity index (χ3n) is 2.88. The fourth-order valence-electron chi connectivity index (χ4n) is 2.01. The highest BCUT2D eigenvalue weighted by molar-refractivity contribution is 9.10. The molecule has 4 heteroatoms. The Kier molecular flexibility index (Phi) is 4.97. The molecule has 0 saturated heterocycles. The SMILES string of the molecule is NC(Cc1cccc(Cl)c1)Cc1ccc(F)cc1Br. The first-order chi connectivity index (χ1) is 9.04.